The average molecular weight is 353 g/mol. The molecule has 25 heavy (non-hydrogen) atoms. The largest absolute Gasteiger partial charge is 0.322 e. The summed E-state index contributed by atoms with van der Waals surface area (Å²) in [6.45, 7) is 6.19. The topological polar surface area (TPSA) is 46.9 Å². The third-order valence-electron chi connectivity index (χ3n) is 3.77. The summed E-state index contributed by atoms with van der Waals surface area (Å²) in [6.07, 6.45) is -0.259. The van der Waals surface area contributed by atoms with E-state index >= 15 is 0 Å². The van der Waals surface area contributed by atoms with Gasteiger partial charge in [0.2, 0.25) is 0 Å². The molecule has 1 aromatic carbocycles. The van der Waals surface area contributed by atoms with E-state index < -0.39 is 23.8 Å². The summed E-state index contributed by atoms with van der Waals surface area (Å²) in [5, 5.41) is 6.23. The Kier molecular flexibility index (Phi) is 5.55. The van der Waals surface area contributed by atoms with Crippen molar-refractivity contribution in [2.75, 3.05) is 5.32 Å². The SMILES string of the molecule is Cn1cc(C(=O)Nc2ccc(F)cc2CCC(C)(C)C)c(C(F)F)n1. The molecule has 0 bridgehead atoms. The minimum Gasteiger partial charge on any atom is -0.322 e. The Bertz CT molecular complexity index is 763. The number of hydrogen-bond donors (Lipinski definition) is 1. The van der Waals surface area contributed by atoms with Gasteiger partial charge in [-0.3, -0.25) is 9.48 Å². The second-order valence-electron chi connectivity index (χ2n) is 7.22. The second-order valence-corrected chi connectivity index (χ2v) is 7.22. The number of rotatable bonds is 5. The van der Waals surface area contributed by atoms with Crippen molar-refractivity contribution in [2.24, 2.45) is 12.5 Å². The number of alkyl halides is 2. The monoisotopic (exact) mass is 353 g/mol. The molecule has 0 aliphatic carbocycles. The number of carbonyl (C=O) groups is 1. The quantitative estimate of drug-likeness (QED) is 0.845. The van der Waals surface area contributed by atoms with Crippen LogP contribution in [0.15, 0.2) is 24.4 Å². The molecule has 2 rings (SSSR count). The molecule has 0 spiro atoms. The van der Waals surface area contributed by atoms with Gasteiger partial charge in [0.15, 0.2) is 0 Å². The molecule has 0 radical (unpaired) electrons. The first kappa shape index (κ1) is 19.0. The van der Waals surface area contributed by atoms with E-state index in [9.17, 15) is 18.0 Å². The summed E-state index contributed by atoms with van der Waals surface area (Å²) >= 11 is 0. The lowest BCUT2D eigenvalue weighted by Gasteiger charge is -2.19. The van der Waals surface area contributed by atoms with Crippen molar-refractivity contribution in [3.63, 3.8) is 0 Å². The highest BCUT2D eigenvalue weighted by Crippen LogP contribution is 2.27. The van der Waals surface area contributed by atoms with Crippen molar-refractivity contribution >= 4 is 11.6 Å². The molecule has 2 aromatic rings. The summed E-state index contributed by atoms with van der Waals surface area (Å²) in [4.78, 5) is 12.4. The summed E-state index contributed by atoms with van der Waals surface area (Å²) in [5.74, 6) is -1.09. The highest BCUT2D eigenvalue weighted by molar-refractivity contribution is 6.05. The van der Waals surface area contributed by atoms with E-state index in [2.05, 4.69) is 31.2 Å². The predicted molar refractivity (Wildman–Crippen MR) is 90.3 cm³/mol. The fourth-order valence-electron chi connectivity index (χ4n) is 2.43. The molecule has 1 heterocycles. The van der Waals surface area contributed by atoms with E-state index in [1.807, 2.05) is 0 Å². The van der Waals surface area contributed by atoms with Crippen LogP contribution in [-0.2, 0) is 13.5 Å². The number of anilines is 1. The van der Waals surface area contributed by atoms with Gasteiger partial charge in [0.25, 0.3) is 12.3 Å². The molecule has 0 saturated carbocycles. The molecular weight excluding hydrogens is 331 g/mol. The smallest absolute Gasteiger partial charge is 0.282 e. The van der Waals surface area contributed by atoms with Crippen molar-refractivity contribution in [1.29, 1.82) is 0 Å². The number of amides is 1. The van der Waals surface area contributed by atoms with Gasteiger partial charge in [-0.2, -0.15) is 5.10 Å². The molecule has 0 fully saturated rings. The number of halogens is 3. The number of carbonyl (C=O) groups excluding carboxylic acids is 1. The maximum Gasteiger partial charge on any atom is 0.282 e. The Balaban J connectivity index is 2.26. The number of benzene rings is 1. The number of aromatic nitrogens is 2. The molecule has 0 unspecified atom stereocenters. The molecule has 1 N–H and O–H groups in total. The molecule has 4 nitrogen and oxygen atoms in total. The molecule has 0 aliphatic heterocycles. The van der Waals surface area contributed by atoms with Gasteiger partial charge in [-0.1, -0.05) is 20.8 Å². The third-order valence-corrected chi connectivity index (χ3v) is 3.77. The third kappa shape index (κ3) is 5.08. The molecule has 1 aromatic heterocycles. The standard InChI is InChI=1S/C18H22F3N3O/c1-18(2,3)8-7-11-9-12(19)5-6-14(11)22-17(25)13-10-24(4)23-15(13)16(20)21/h5-6,9-10,16H,7-8H2,1-4H3,(H,22,25). The molecule has 0 saturated heterocycles. The first-order chi connectivity index (χ1) is 11.6. The number of nitrogens with one attached hydrogen (secondary N) is 1. The fourth-order valence-corrected chi connectivity index (χ4v) is 2.43. The molecule has 7 heteroatoms. The normalized spacial score (nSPS) is 11.8. The van der Waals surface area contributed by atoms with Crippen LogP contribution < -0.4 is 5.32 Å². The number of hydrogen-bond acceptors (Lipinski definition) is 2. The van der Waals surface area contributed by atoms with Gasteiger partial charge in [-0.15, -0.1) is 0 Å². The summed E-state index contributed by atoms with van der Waals surface area (Å²) < 4.78 is 40.8. The lowest BCUT2D eigenvalue weighted by molar-refractivity contribution is 0.101. The van der Waals surface area contributed by atoms with E-state index in [-0.39, 0.29) is 11.0 Å². The van der Waals surface area contributed by atoms with E-state index in [0.29, 0.717) is 17.7 Å². The highest BCUT2D eigenvalue weighted by Gasteiger charge is 2.23. The van der Waals surface area contributed by atoms with Crippen LogP contribution in [0.2, 0.25) is 0 Å². The lowest BCUT2D eigenvalue weighted by atomic mass is 9.88. The molecular formula is C18H22F3N3O. The fraction of sp³-hybridized carbons (Fsp3) is 0.444. The van der Waals surface area contributed by atoms with Gasteiger partial charge < -0.3 is 5.32 Å². The van der Waals surface area contributed by atoms with Crippen LogP contribution in [0.1, 0.15) is 55.2 Å². The van der Waals surface area contributed by atoms with Gasteiger partial charge in [0, 0.05) is 18.9 Å². The summed E-state index contributed by atoms with van der Waals surface area (Å²) in [7, 11) is 1.47. The van der Waals surface area contributed by atoms with Crippen LogP contribution in [0, 0.1) is 11.2 Å². The van der Waals surface area contributed by atoms with E-state index in [0.717, 1.165) is 6.42 Å². The van der Waals surface area contributed by atoms with Gasteiger partial charge in [0.1, 0.15) is 11.5 Å². The average Bonchev–Trinajstić information content (AvgIpc) is 2.89. The molecule has 1 amide bonds. The minimum absolute atomic E-state index is 0.0415. The van der Waals surface area contributed by atoms with E-state index in [1.54, 1.807) is 0 Å². The van der Waals surface area contributed by atoms with Crippen LogP contribution >= 0.6 is 0 Å². The van der Waals surface area contributed by atoms with Gasteiger partial charge in [-0.05, 0) is 42.0 Å². The maximum absolute atomic E-state index is 13.6. The number of aryl methyl sites for hydroxylation is 2. The van der Waals surface area contributed by atoms with Crippen LogP contribution in [0.4, 0.5) is 18.9 Å². The lowest BCUT2D eigenvalue weighted by Crippen LogP contribution is -2.15. The molecule has 136 valence electrons. The maximum atomic E-state index is 13.6. The number of nitrogens with zero attached hydrogens (tertiary/aromatic N) is 2. The minimum atomic E-state index is -2.85. The van der Waals surface area contributed by atoms with Gasteiger partial charge in [-0.25, -0.2) is 13.2 Å². The van der Waals surface area contributed by atoms with Gasteiger partial charge in [0.05, 0.1) is 5.56 Å². The Hall–Kier alpha value is -2.31. The Morgan fingerprint density at radius 2 is 2.00 bits per heavy atom. The van der Waals surface area contributed by atoms with E-state index in [4.69, 9.17) is 0 Å². The van der Waals surface area contributed by atoms with Crippen LogP contribution in [0.25, 0.3) is 0 Å². The zero-order chi connectivity index (χ0) is 18.8. The highest BCUT2D eigenvalue weighted by atomic mass is 19.3. The molecule has 0 aliphatic rings. The van der Waals surface area contributed by atoms with Gasteiger partial charge >= 0.3 is 0 Å². The van der Waals surface area contributed by atoms with Crippen LogP contribution in [0.3, 0.4) is 0 Å². The van der Waals surface area contributed by atoms with Crippen molar-refractivity contribution in [3.8, 4) is 0 Å². The van der Waals surface area contributed by atoms with E-state index in [1.165, 1.54) is 36.1 Å². The first-order valence-corrected chi connectivity index (χ1v) is 7.98. The summed E-state index contributed by atoms with van der Waals surface area (Å²) in [6, 6.07) is 4.04. The van der Waals surface area contributed by atoms with Crippen molar-refractivity contribution in [2.45, 2.75) is 40.0 Å². The predicted octanol–water partition coefficient (Wildman–Crippen LogP) is 4.73. The van der Waals surface area contributed by atoms with Crippen molar-refractivity contribution in [3.05, 3.63) is 47.0 Å². The summed E-state index contributed by atoms with van der Waals surface area (Å²) in [5.41, 5.74) is 0.326. The molecule has 0 atom stereocenters. The Morgan fingerprint density at radius 3 is 2.60 bits per heavy atom. The van der Waals surface area contributed by atoms with Crippen LogP contribution in [0.5, 0.6) is 0 Å². The Morgan fingerprint density at radius 1 is 1.32 bits per heavy atom. The zero-order valence-electron chi connectivity index (χ0n) is 14.7. The van der Waals surface area contributed by atoms with Crippen molar-refractivity contribution in [1.82, 2.24) is 9.78 Å². The first-order valence-electron chi connectivity index (χ1n) is 7.98. The van der Waals surface area contributed by atoms with Crippen LogP contribution in [-0.4, -0.2) is 15.7 Å². The zero-order valence-corrected chi connectivity index (χ0v) is 14.7. The van der Waals surface area contributed by atoms with Crippen molar-refractivity contribution < 1.29 is 18.0 Å². The second kappa shape index (κ2) is 7.29. The Labute approximate surface area is 145 Å².